The summed E-state index contributed by atoms with van der Waals surface area (Å²) in [4.78, 5) is 26.5. The summed E-state index contributed by atoms with van der Waals surface area (Å²) < 4.78 is 32.3. The first kappa shape index (κ1) is 20.5. The quantitative estimate of drug-likeness (QED) is 0.700. The van der Waals surface area contributed by atoms with Gasteiger partial charge in [-0.25, -0.2) is 13.2 Å². The lowest BCUT2D eigenvalue weighted by Gasteiger charge is -2.22. The molecule has 0 bridgehead atoms. The molecule has 1 amide bonds. The van der Waals surface area contributed by atoms with Crippen LogP contribution in [-0.4, -0.2) is 44.3 Å². The molecule has 0 saturated carbocycles. The third-order valence-corrected chi connectivity index (χ3v) is 9.85. The lowest BCUT2D eigenvalue weighted by atomic mass is 9.95. The predicted molar refractivity (Wildman–Crippen MR) is 112 cm³/mol. The van der Waals surface area contributed by atoms with Crippen molar-refractivity contribution < 1.29 is 22.7 Å². The van der Waals surface area contributed by atoms with E-state index >= 15 is 0 Å². The number of nitrogens with one attached hydrogen (secondary N) is 1. The number of sulfonamides is 1. The van der Waals surface area contributed by atoms with Crippen molar-refractivity contribution in [3.8, 4) is 0 Å². The lowest BCUT2D eigenvalue weighted by Crippen LogP contribution is -2.42. The fourth-order valence-electron chi connectivity index (χ4n) is 3.98. The molecule has 2 aromatic heterocycles. The Morgan fingerprint density at radius 2 is 2.03 bits per heavy atom. The van der Waals surface area contributed by atoms with E-state index in [9.17, 15) is 18.0 Å². The molecule has 156 valence electrons. The van der Waals surface area contributed by atoms with Crippen molar-refractivity contribution in [3.63, 3.8) is 0 Å². The molecule has 1 aliphatic heterocycles. The second kappa shape index (κ2) is 8.17. The summed E-state index contributed by atoms with van der Waals surface area (Å²) in [5, 5.41) is 5.02. The molecule has 0 unspecified atom stereocenters. The Kier molecular flexibility index (Phi) is 5.78. The number of carbonyl (C=O) groups is 2. The van der Waals surface area contributed by atoms with Crippen LogP contribution >= 0.6 is 22.7 Å². The van der Waals surface area contributed by atoms with Crippen molar-refractivity contribution in [1.82, 2.24) is 4.31 Å². The molecule has 0 radical (unpaired) electrons. The molecule has 3 heterocycles. The first-order valence-electron chi connectivity index (χ1n) is 9.52. The highest BCUT2D eigenvalue weighted by atomic mass is 32.2. The predicted octanol–water partition coefficient (Wildman–Crippen LogP) is 3.27. The fraction of sp³-hybridized carbons (Fsp3) is 0.474. The number of thiophene rings is 2. The smallest absolute Gasteiger partial charge is 0.341 e. The molecule has 0 spiro atoms. The van der Waals surface area contributed by atoms with E-state index in [1.807, 2.05) is 0 Å². The Morgan fingerprint density at radius 3 is 2.76 bits per heavy atom. The number of anilines is 1. The first-order valence-corrected chi connectivity index (χ1v) is 12.7. The molecule has 29 heavy (non-hydrogen) atoms. The van der Waals surface area contributed by atoms with Gasteiger partial charge in [0, 0.05) is 11.4 Å². The van der Waals surface area contributed by atoms with E-state index in [0.717, 1.165) is 47.5 Å². The highest BCUT2D eigenvalue weighted by Gasteiger charge is 2.40. The summed E-state index contributed by atoms with van der Waals surface area (Å²) in [6.07, 6.45) is 4.78. The van der Waals surface area contributed by atoms with Crippen molar-refractivity contribution in [2.75, 3.05) is 19.0 Å². The minimum Gasteiger partial charge on any atom is -0.465 e. The molecule has 2 aliphatic rings. The summed E-state index contributed by atoms with van der Waals surface area (Å²) in [6.45, 7) is 0.309. The van der Waals surface area contributed by atoms with Crippen LogP contribution < -0.4 is 5.32 Å². The average Bonchev–Trinajstić information content (AvgIpc) is 3.46. The second-order valence-electron chi connectivity index (χ2n) is 7.10. The van der Waals surface area contributed by atoms with Gasteiger partial charge in [0.15, 0.2) is 0 Å². The van der Waals surface area contributed by atoms with E-state index in [0.29, 0.717) is 30.0 Å². The third-order valence-electron chi connectivity index (χ3n) is 5.36. The number of methoxy groups -OCH3 is 1. The average molecular weight is 455 g/mol. The van der Waals surface area contributed by atoms with Gasteiger partial charge >= 0.3 is 5.97 Å². The molecular formula is C19H22N2O5S3. The Bertz CT molecular complexity index is 1030. The van der Waals surface area contributed by atoms with Gasteiger partial charge in [-0.15, -0.1) is 22.7 Å². The van der Waals surface area contributed by atoms with E-state index in [1.165, 1.54) is 22.8 Å². The van der Waals surface area contributed by atoms with Gasteiger partial charge in [-0.05, 0) is 55.5 Å². The van der Waals surface area contributed by atoms with Crippen molar-refractivity contribution in [2.24, 2.45) is 0 Å². The summed E-state index contributed by atoms with van der Waals surface area (Å²) in [5.41, 5.74) is 1.38. The van der Waals surface area contributed by atoms with Crippen molar-refractivity contribution >= 4 is 49.6 Å². The Morgan fingerprint density at radius 1 is 1.24 bits per heavy atom. The van der Waals surface area contributed by atoms with E-state index in [4.69, 9.17) is 4.74 Å². The van der Waals surface area contributed by atoms with Gasteiger partial charge < -0.3 is 10.1 Å². The summed E-state index contributed by atoms with van der Waals surface area (Å²) in [7, 11) is -2.39. The topological polar surface area (TPSA) is 92.8 Å². The number of fused-ring (bicyclic) bond motifs is 1. The number of rotatable bonds is 5. The van der Waals surface area contributed by atoms with Gasteiger partial charge in [0.1, 0.15) is 15.3 Å². The maximum absolute atomic E-state index is 13.1. The van der Waals surface area contributed by atoms with Crippen molar-refractivity contribution in [1.29, 1.82) is 0 Å². The zero-order valence-corrected chi connectivity index (χ0v) is 18.4. The Balaban J connectivity index is 1.61. The summed E-state index contributed by atoms with van der Waals surface area (Å²) in [5.74, 6) is -0.861. The molecule has 7 nitrogen and oxygen atoms in total. The Hall–Kier alpha value is -1.75. The summed E-state index contributed by atoms with van der Waals surface area (Å²) in [6, 6.07) is 2.45. The molecule has 1 N–H and O–H groups in total. The molecule has 0 aromatic carbocycles. The minimum absolute atomic E-state index is 0.235. The number of hydrogen-bond donors (Lipinski definition) is 1. The largest absolute Gasteiger partial charge is 0.465 e. The van der Waals surface area contributed by atoms with Gasteiger partial charge in [-0.2, -0.15) is 4.31 Å². The molecule has 10 heteroatoms. The van der Waals surface area contributed by atoms with E-state index in [-0.39, 0.29) is 4.21 Å². The summed E-state index contributed by atoms with van der Waals surface area (Å²) >= 11 is 2.54. The van der Waals surface area contributed by atoms with Crippen LogP contribution in [0.3, 0.4) is 0 Å². The highest BCUT2D eigenvalue weighted by molar-refractivity contribution is 7.91. The maximum atomic E-state index is 13.1. The van der Waals surface area contributed by atoms with Crippen LogP contribution in [0.4, 0.5) is 5.00 Å². The van der Waals surface area contributed by atoms with Crippen LogP contribution in [0.15, 0.2) is 21.7 Å². The number of carbonyl (C=O) groups excluding carboxylic acids is 2. The van der Waals surface area contributed by atoms with Gasteiger partial charge in [-0.3, -0.25) is 4.79 Å². The number of esters is 1. The van der Waals surface area contributed by atoms with Crippen molar-refractivity contribution in [2.45, 2.75) is 48.8 Å². The standard InChI is InChI=1S/C19H22N2O5S3/c1-26-19(23)16-12-6-2-3-8-14(12)28-18(16)20-17(22)13-7-4-10-21(13)29(24,25)15-9-5-11-27-15/h5,9,11,13H,2-4,6-8,10H2,1H3,(H,20,22)/t13-/m1/s1. The first-order chi connectivity index (χ1) is 13.9. The molecule has 1 saturated heterocycles. The van der Waals surface area contributed by atoms with Crippen molar-refractivity contribution in [3.05, 3.63) is 33.5 Å². The van der Waals surface area contributed by atoms with Crippen LogP contribution in [0.2, 0.25) is 0 Å². The number of aryl methyl sites for hydroxylation is 1. The SMILES string of the molecule is COC(=O)c1c(NC(=O)[C@H]2CCCN2S(=O)(=O)c2cccs2)sc2c1CCCC2. The van der Waals surface area contributed by atoms with Crippen LogP contribution in [0.1, 0.15) is 46.5 Å². The number of amides is 1. The highest BCUT2D eigenvalue weighted by Crippen LogP contribution is 2.39. The van der Waals surface area contributed by atoms with Crippen LogP contribution in [0.25, 0.3) is 0 Å². The fourth-order valence-corrected chi connectivity index (χ4v) is 8.04. The number of hydrogen-bond acceptors (Lipinski definition) is 7. The normalized spacial score (nSPS) is 19.7. The Labute approximate surface area is 177 Å². The minimum atomic E-state index is -3.71. The third kappa shape index (κ3) is 3.74. The molecule has 4 rings (SSSR count). The van der Waals surface area contributed by atoms with Crippen LogP contribution in [0.5, 0.6) is 0 Å². The number of ether oxygens (including phenoxy) is 1. The second-order valence-corrected chi connectivity index (χ2v) is 11.3. The lowest BCUT2D eigenvalue weighted by molar-refractivity contribution is -0.119. The zero-order chi connectivity index (χ0) is 20.6. The molecule has 2 aromatic rings. The van der Waals surface area contributed by atoms with Gasteiger partial charge in [0.2, 0.25) is 5.91 Å². The number of nitrogens with zero attached hydrogens (tertiary/aromatic N) is 1. The monoisotopic (exact) mass is 454 g/mol. The molecule has 1 fully saturated rings. The van der Waals surface area contributed by atoms with Crippen LogP contribution in [0, 0.1) is 0 Å². The molecule has 1 aliphatic carbocycles. The van der Waals surface area contributed by atoms with Crippen LogP contribution in [-0.2, 0) is 32.4 Å². The van der Waals surface area contributed by atoms with E-state index in [2.05, 4.69) is 5.32 Å². The van der Waals surface area contributed by atoms with Gasteiger partial charge in [0.25, 0.3) is 10.0 Å². The van der Waals surface area contributed by atoms with E-state index < -0.39 is 27.9 Å². The van der Waals surface area contributed by atoms with Gasteiger partial charge in [0.05, 0.1) is 12.7 Å². The van der Waals surface area contributed by atoms with E-state index in [1.54, 1.807) is 17.5 Å². The molecule has 1 atom stereocenters. The zero-order valence-electron chi connectivity index (χ0n) is 16.0. The van der Waals surface area contributed by atoms with Gasteiger partial charge in [-0.1, -0.05) is 6.07 Å². The molecular weight excluding hydrogens is 432 g/mol. The maximum Gasteiger partial charge on any atom is 0.341 e.